The minimum absolute atomic E-state index is 0.251. The summed E-state index contributed by atoms with van der Waals surface area (Å²) < 4.78 is 5.67. The van der Waals surface area contributed by atoms with Gasteiger partial charge in [0.1, 0.15) is 0 Å². The van der Waals surface area contributed by atoms with Crippen LogP contribution in [-0.2, 0) is 4.74 Å². The van der Waals surface area contributed by atoms with E-state index in [0.717, 1.165) is 12.8 Å². The Kier molecular flexibility index (Phi) is 3.29. The van der Waals surface area contributed by atoms with E-state index in [-0.39, 0.29) is 6.10 Å². The molecule has 70 valence electrons. The molecule has 1 heterocycles. The average Bonchev–Trinajstić information content (AvgIpc) is 2.03. The Morgan fingerprint density at radius 1 is 1.42 bits per heavy atom. The molecule has 1 saturated heterocycles. The molecule has 2 heteroatoms. The highest BCUT2D eigenvalue weighted by atomic mass is 16.5. The number of nitrogens with zero attached hydrogens (tertiary/aromatic N) is 1. The highest BCUT2D eigenvalue weighted by Crippen LogP contribution is 2.22. The fourth-order valence-electron chi connectivity index (χ4n) is 1.73. The van der Waals surface area contributed by atoms with Gasteiger partial charge >= 0.3 is 0 Å². The van der Waals surface area contributed by atoms with Crippen molar-refractivity contribution < 1.29 is 4.74 Å². The van der Waals surface area contributed by atoms with Crippen LogP contribution in [0.1, 0.15) is 19.8 Å². The highest BCUT2D eigenvalue weighted by Gasteiger charge is 2.26. The molecule has 0 N–H and O–H groups in total. The number of ether oxygens (including phenoxy) is 1. The van der Waals surface area contributed by atoms with Gasteiger partial charge in [0.05, 0.1) is 12.2 Å². The SMILES string of the molecule is C=C[C@H]1CC(N(C)C)CC(C)O1. The summed E-state index contributed by atoms with van der Waals surface area (Å²) >= 11 is 0. The molecular formula is C10H19NO. The van der Waals surface area contributed by atoms with E-state index in [4.69, 9.17) is 4.74 Å². The summed E-state index contributed by atoms with van der Waals surface area (Å²) in [5.74, 6) is 0. The zero-order chi connectivity index (χ0) is 9.14. The molecule has 12 heavy (non-hydrogen) atoms. The lowest BCUT2D eigenvalue weighted by Gasteiger charge is -2.35. The van der Waals surface area contributed by atoms with Gasteiger partial charge in [-0.1, -0.05) is 6.08 Å². The van der Waals surface area contributed by atoms with Crippen LogP contribution >= 0.6 is 0 Å². The molecule has 1 rings (SSSR count). The van der Waals surface area contributed by atoms with Crippen LogP contribution in [0.4, 0.5) is 0 Å². The third-order valence-corrected chi connectivity index (χ3v) is 2.51. The van der Waals surface area contributed by atoms with Crippen molar-refractivity contribution in [1.82, 2.24) is 4.90 Å². The highest BCUT2D eigenvalue weighted by molar-refractivity contribution is 4.89. The number of hydrogen-bond acceptors (Lipinski definition) is 2. The maximum Gasteiger partial charge on any atom is 0.0771 e. The van der Waals surface area contributed by atoms with E-state index in [2.05, 4.69) is 32.5 Å². The van der Waals surface area contributed by atoms with Crippen LogP contribution in [0.25, 0.3) is 0 Å². The summed E-state index contributed by atoms with van der Waals surface area (Å²) in [6.45, 7) is 5.90. The maximum atomic E-state index is 5.67. The van der Waals surface area contributed by atoms with Crippen molar-refractivity contribution in [3.63, 3.8) is 0 Å². The van der Waals surface area contributed by atoms with Crippen LogP contribution in [-0.4, -0.2) is 37.2 Å². The second kappa shape index (κ2) is 4.06. The van der Waals surface area contributed by atoms with E-state index in [9.17, 15) is 0 Å². The zero-order valence-electron chi connectivity index (χ0n) is 8.29. The lowest BCUT2D eigenvalue weighted by molar-refractivity contribution is -0.0442. The van der Waals surface area contributed by atoms with Crippen molar-refractivity contribution >= 4 is 0 Å². The molecule has 0 aliphatic carbocycles. The van der Waals surface area contributed by atoms with E-state index < -0.39 is 0 Å². The molecule has 0 spiro atoms. The maximum absolute atomic E-state index is 5.67. The first-order chi connectivity index (χ1) is 5.63. The van der Waals surface area contributed by atoms with Crippen molar-refractivity contribution in [3.05, 3.63) is 12.7 Å². The van der Waals surface area contributed by atoms with Crippen molar-refractivity contribution in [2.45, 2.75) is 38.0 Å². The predicted octanol–water partition coefficient (Wildman–Crippen LogP) is 1.67. The fraction of sp³-hybridized carbons (Fsp3) is 0.800. The Morgan fingerprint density at radius 3 is 2.58 bits per heavy atom. The van der Waals surface area contributed by atoms with Gasteiger partial charge in [-0.05, 0) is 33.9 Å². The number of rotatable bonds is 2. The summed E-state index contributed by atoms with van der Waals surface area (Å²) in [7, 11) is 4.26. The minimum Gasteiger partial charge on any atom is -0.371 e. The van der Waals surface area contributed by atoms with Crippen LogP contribution in [0.15, 0.2) is 12.7 Å². The first-order valence-electron chi connectivity index (χ1n) is 4.58. The van der Waals surface area contributed by atoms with Gasteiger partial charge in [-0.2, -0.15) is 0 Å². The van der Waals surface area contributed by atoms with Crippen LogP contribution in [0, 0.1) is 0 Å². The van der Waals surface area contributed by atoms with Crippen molar-refractivity contribution in [2.24, 2.45) is 0 Å². The summed E-state index contributed by atoms with van der Waals surface area (Å²) in [4.78, 5) is 2.27. The monoisotopic (exact) mass is 169 g/mol. The van der Waals surface area contributed by atoms with E-state index in [0.29, 0.717) is 12.1 Å². The van der Waals surface area contributed by atoms with Crippen LogP contribution < -0.4 is 0 Å². The largest absolute Gasteiger partial charge is 0.371 e. The summed E-state index contributed by atoms with van der Waals surface area (Å²) in [6.07, 6.45) is 4.75. The third-order valence-electron chi connectivity index (χ3n) is 2.51. The first kappa shape index (κ1) is 9.75. The molecule has 3 atom stereocenters. The molecule has 2 unspecified atom stereocenters. The third kappa shape index (κ3) is 2.32. The molecule has 2 nitrogen and oxygen atoms in total. The molecule has 0 aromatic heterocycles. The smallest absolute Gasteiger partial charge is 0.0771 e. The lowest BCUT2D eigenvalue weighted by atomic mass is 9.98. The molecule has 1 aliphatic rings. The molecule has 0 aromatic rings. The molecule has 1 fully saturated rings. The summed E-state index contributed by atoms with van der Waals surface area (Å²) in [5, 5.41) is 0. The second-order valence-electron chi connectivity index (χ2n) is 3.81. The van der Waals surface area contributed by atoms with Gasteiger partial charge < -0.3 is 9.64 Å². The molecular weight excluding hydrogens is 150 g/mol. The Morgan fingerprint density at radius 2 is 2.08 bits per heavy atom. The van der Waals surface area contributed by atoms with Crippen LogP contribution in [0.5, 0.6) is 0 Å². The molecule has 0 bridgehead atoms. The molecule has 0 radical (unpaired) electrons. The zero-order valence-corrected chi connectivity index (χ0v) is 8.29. The van der Waals surface area contributed by atoms with Gasteiger partial charge in [0.2, 0.25) is 0 Å². The Labute approximate surface area is 75.2 Å². The molecule has 0 amide bonds. The summed E-state index contributed by atoms with van der Waals surface area (Å²) in [5.41, 5.74) is 0. The van der Waals surface area contributed by atoms with E-state index in [1.165, 1.54) is 0 Å². The van der Waals surface area contributed by atoms with Crippen LogP contribution in [0.3, 0.4) is 0 Å². The van der Waals surface area contributed by atoms with Crippen molar-refractivity contribution in [2.75, 3.05) is 14.1 Å². The van der Waals surface area contributed by atoms with Gasteiger partial charge in [0.25, 0.3) is 0 Å². The fourth-order valence-corrected chi connectivity index (χ4v) is 1.73. The van der Waals surface area contributed by atoms with Gasteiger partial charge in [-0.3, -0.25) is 0 Å². The number of hydrogen-bond donors (Lipinski definition) is 0. The van der Waals surface area contributed by atoms with Gasteiger partial charge in [0, 0.05) is 6.04 Å². The summed E-state index contributed by atoms with van der Waals surface area (Å²) in [6, 6.07) is 0.650. The average molecular weight is 169 g/mol. The van der Waals surface area contributed by atoms with Gasteiger partial charge in [0.15, 0.2) is 0 Å². The molecule has 0 saturated carbocycles. The van der Waals surface area contributed by atoms with E-state index in [1.807, 2.05) is 6.08 Å². The first-order valence-corrected chi connectivity index (χ1v) is 4.58. The van der Waals surface area contributed by atoms with Crippen LogP contribution in [0.2, 0.25) is 0 Å². The molecule has 0 aromatic carbocycles. The quantitative estimate of drug-likeness (QED) is 0.583. The van der Waals surface area contributed by atoms with E-state index >= 15 is 0 Å². The van der Waals surface area contributed by atoms with E-state index in [1.54, 1.807) is 0 Å². The topological polar surface area (TPSA) is 12.5 Å². The normalized spacial score (nSPS) is 36.8. The molecule has 1 aliphatic heterocycles. The second-order valence-corrected chi connectivity index (χ2v) is 3.81. The minimum atomic E-state index is 0.251. The Balaban J connectivity index is 2.50. The Bertz CT molecular complexity index is 156. The predicted molar refractivity (Wildman–Crippen MR) is 51.2 cm³/mol. The van der Waals surface area contributed by atoms with Gasteiger partial charge in [-0.15, -0.1) is 6.58 Å². The van der Waals surface area contributed by atoms with Gasteiger partial charge in [-0.25, -0.2) is 0 Å². The van der Waals surface area contributed by atoms with Crippen molar-refractivity contribution in [3.8, 4) is 0 Å². The Hall–Kier alpha value is -0.340. The van der Waals surface area contributed by atoms with Crippen molar-refractivity contribution in [1.29, 1.82) is 0 Å². The standard InChI is InChI=1S/C10H19NO/c1-5-10-7-9(11(3)4)6-8(2)12-10/h5,8-10H,1,6-7H2,2-4H3/t8?,9?,10-/m0/s1. The lowest BCUT2D eigenvalue weighted by Crippen LogP contribution is -2.40.